The molecule has 3 heteroatoms. The van der Waals surface area contributed by atoms with Gasteiger partial charge in [-0.3, -0.25) is 0 Å². The first-order valence-corrected chi connectivity index (χ1v) is 8.04. The fourth-order valence-corrected chi connectivity index (χ4v) is 2.75. The lowest BCUT2D eigenvalue weighted by Crippen LogP contribution is -2.47. The minimum atomic E-state index is 1.06. The van der Waals surface area contributed by atoms with Gasteiger partial charge in [0, 0.05) is 32.7 Å². The summed E-state index contributed by atoms with van der Waals surface area (Å²) >= 11 is 0. The number of unbranched alkanes of at least 4 members (excludes halogenated alkanes) is 1. The smallest absolute Gasteiger partial charge is 0.0110 e. The van der Waals surface area contributed by atoms with E-state index in [0.717, 1.165) is 5.92 Å². The van der Waals surface area contributed by atoms with Gasteiger partial charge in [0.25, 0.3) is 0 Å². The number of nitrogens with one attached hydrogen (secondary N) is 1. The van der Waals surface area contributed by atoms with E-state index in [9.17, 15) is 0 Å². The van der Waals surface area contributed by atoms with Crippen molar-refractivity contribution in [2.24, 2.45) is 5.92 Å². The molecule has 1 heterocycles. The van der Waals surface area contributed by atoms with Crippen LogP contribution < -0.4 is 5.32 Å². The second kappa shape index (κ2) is 8.13. The molecule has 0 aromatic rings. The van der Waals surface area contributed by atoms with Crippen LogP contribution in [0.1, 0.15) is 39.0 Å². The highest BCUT2D eigenvalue weighted by molar-refractivity contribution is 4.80. The molecule has 3 nitrogen and oxygen atoms in total. The van der Waals surface area contributed by atoms with Crippen molar-refractivity contribution in [2.75, 3.05) is 52.4 Å². The summed E-state index contributed by atoms with van der Waals surface area (Å²) in [5.74, 6) is 1.06. The summed E-state index contributed by atoms with van der Waals surface area (Å²) in [5, 5.41) is 3.48. The molecule has 0 aromatic carbocycles. The van der Waals surface area contributed by atoms with Crippen molar-refractivity contribution in [3.8, 4) is 0 Å². The Morgan fingerprint density at radius 1 is 0.944 bits per heavy atom. The zero-order valence-electron chi connectivity index (χ0n) is 12.2. The van der Waals surface area contributed by atoms with E-state index in [-0.39, 0.29) is 0 Å². The van der Waals surface area contributed by atoms with E-state index in [1.807, 2.05) is 0 Å². The van der Waals surface area contributed by atoms with Gasteiger partial charge in [-0.05, 0) is 57.7 Å². The molecule has 2 rings (SSSR count). The molecule has 1 saturated heterocycles. The van der Waals surface area contributed by atoms with Crippen LogP contribution in [0.4, 0.5) is 0 Å². The van der Waals surface area contributed by atoms with Crippen LogP contribution in [-0.4, -0.2) is 62.2 Å². The van der Waals surface area contributed by atoms with E-state index in [0.29, 0.717) is 0 Å². The second-order valence-electron chi connectivity index (χ2n) is 6.04. The summed E-state index contributed by atoms with van der Waals surface area (Å²) in [4.78, 5) is 5.33. The summed E-state index contributed by atoms with van der Waals surface area (Å²) in [6.45, 7) is 12.5. The van der Waals surface area contributed by atoms with E-state index < -0.39 is 0 Å². The molecule has 0 atom stereocenters. The predicted molar refractivity (Wildman–Crippen MR) is 78.0 cm³/mol. The molecule has 0 aromatic heterocycles. The van der Waals surface area contributed by atoms with Crippen LogP contribution in [-0.2, 0) is 0 Å². The highest BCUT2D eigenvalue weighted by Crippen LogP contribution is 2.29. The number of piperazine rings is 1. The normalized spacial score (nSPS) is 22.5. The van der Waals surface area contributed by atoms with Gasteiger partial charge >= 0.3 is 0 Å². The lowest BCUT2D eigenvalue weighted by molar-refractivity contribution is 0.127. The van der Waals surface area contributed by atoms with E-state index in [1.54, 1.807) is 0 Å². The van der Waals surface area contributed by atoms with Gasteiger partial charge in [-0.25, -0.2) is 0 Å². The molecule has 0 amide bonds. The minimum absolute atomic E-state index is 1.06. The van der Waals surface area contributed by atoms with Gasteiger partial charge in [0.05, 0.1) is 0 Å². The lowest BCUT2D eigenvalue weighted by atomic mass is 10.2. The molecule has 1 aliphatic heterocycles. The van der Waals surface area contributed by atoms with Crippen LogP contribution in [0.3, 0.4) is 0 Å². The fourth-order valence-electron chi connectivity index (χ4n) is 2.75. The third-order valence-electron chi connectivity index (χ3n) is 4.18. The topological polar surface area (TPSA) is 18.5 Å². The predicted octanol–water partition coefficient (Wildman–Crippen LogP) is 1.79. The SMILES string of the molecule is CCCNCCCCN1CCN(CC2CC2)CC1. The maximum atomic E-state index is 3.48. The van der Waals surface area contributed by atoms with Crippen molar-refractivity contribution >= 4 is 0 Å². The van der Waals surface area contributed by atoms with Crippen LogP contribution in [0.15, 0.2) is 0 Å². The van der Waals surface area contributed by atoms with Gasteiger partial charge in [-0.15, -0.1) is 0 Å². The molecule has 106 valence electrons. The first-order valence-electron chi connectivity index (χ1n) is 8.04. The van der Waals surface area contributed by atoms with Crippen LogP contribution in [0.2, 0.25) is 0 Å². The van der Waals surface area contributed by atoms with E-state index in [4.69, 9.17) is 0 Å². The second-order valence-corrected chi connectivity index (χ2v) is 6.04. The number of hydrogen-bond donors (Lipinski definition) is 1. The van der Waals surface area contributed by atoms with Gasteiger partial charge in [-0.2, -0.15) is 0 Å². The molecule has 0 unspecified atom stereocenters. The summed E-state index contributed by atoms with van der Waals surface area (Å²) < 4.78 is 0. The molecule has 2 aliphatic rings. The summed E-state index contributed by atoms with van der Waals surface area (Å²) in [7, 11) is 0. The van der Waals surface area contributed by atoms with E-state index in [1.165, 1.54) is 84.5 Å². The van der Waals surface area contributed by atoms with Crippen LogP contribution in [0.5, 0.6) is 0 Å². The molecule has 0 spiro atoms. The number of rotatable bonds is 9. The van der Waals surface area contributed by atoms with Gasteiger partial charge in [0.2, 0.25) is 0 Å². The molecule has 1 N–H and O–H groups in total. The minimum Gasteiger partial charge on any atom is -0.317 e. The Bertz CT molecular complexity index is 208. The third-order valence-corrected chi connectivity index (χ3v) is 4.18. The quantitative estimate of drug-likeness (QED) is 0.632. The van der Waals surface area contributed by atoms with Crippen molar-refractivity contribution in [1.29, 1.82) is 0 Å². The largest absolute Gasteiger partial charge is 0.317 e. The lowest BCUT2D eigenvalue weighted by Gasteiger charge is -2.34. The monoisotopic (exact) mass is 253 g/mol. The van der Waals surface area contributed by atoms with Crippen molar-refractivity contribution in [3.05, 3.63) is 0 Å². The van der Waals surface area contributed by atoms with Gasteiger partial charge in [-0.1, -0.05) is 6.92 Å². The molecular formula is C15H31N3. The average Bonchev–Trinajstić information content (AvgIpc) is 3.20. The standard InChI is InChI=1S/C15H31N3/c1-2-7-16-8-3-4-9-17-10-12-18(13-11-17)14-15-5-6-15/h15-16H,2-14H2,1H3. The van der Waals surface area contributed by atoms with Crippen molar-refractivity contribution in [3.63, 3.8) is 0 Å². The zero-order valence-corrected chi connectivity index (χ0v) is 12.2. The van der Waals surface area contributed by atoms with Crippen LogP contribution in [0.25, 0.3) is 0 Å². The maximum absolute atomic E-state index is 3.48. The Kier molecular flexibility index (Phi) is 6.46. The average molecular weight is 253 g/mol. The van der Waals surface area contributed by atoms with Crippen molar-refractivity contribution < 1.29 is 0 Å². The van der Waals surface area contributed by atoms with Gasteiger partial charge < -0.3 is 15.1 Å². The molecule has 1 aliphatic carbocycles. The fraction of sp³-hybridized carbons (Fsp3) is 1.00. The Morgan fingerprint density at radius 2 is 1.67 bits per heavy atom. The first kappa shape index (κ1) is 14.3. The maximum Gasteiger partial charge on any atom is 0.0110 e. The molecule has 0 bridgehead atoms. The summed E-state index contributed by atoms with van der Waals surface area (Å²) in [5.41, 5.74) is 0. The van der Waals surface area contributed by atoms with E-state index in [2.05, 4.69) is 22.0 Å². The number of hydrogen-bond acceptors (Lipinski definition) is 3. The Labute approximate surface area is 113 Å². The summed E-state index contributed by atoms with van der Waals surface area (Å²) in [6.07, 6.45) is 6.93. The van der Waals surface area contributed by atoms with Crippen molar-refractivity contribution in [1.82, 2.24) is 15.1 Å². The van der Waals surface area contributed by atoms with Gasteiger partial charge in [0.1, 0.15) is 0 Å². The first-order chi connectivity index (χ1) is 8.88. The Hall–Kier alpha value is -0.120. The van der Waals surface area contributed by atoms with Crippen molar-refractivity contribution in [2.45, 2.75) is 39.0 Å². The van der Waals surface area contributed by atoms with Crippen LogP contribution >= 0.6 is 0 Å². The van der Waals surface area contributed by atoms with E-state index >= 15 is 0 Å². The molecule has 2 fully saturated rings. The van der Waals surface area contributed by atoms with Gasteiger partial charge in [0.15, 0.2) is 0 Å². The number of nitrogens with zero attached hydrogens (tertiary/aromatic N) is 2. The molecule has 0 radical (unpaired) electrons. The Balaban J connectivity index is 1.43. The molecular weight excluding hydrogens is 222 g/mol. The molecule has 1 saturated carbocycles. The highest BCUT2D eigenvalue weighted by atomic mass is 15.3. The third kappa shape index (κ3) is 5.68. The Morgan fingerprint density at radius 3 is 2.33 bits per heavy atom. The zero-order chi connectivity index (χ0) is 12.6. The summed E-state index contributed by atoms with van der Waals surface area (Å²) in [6, 6.07) is 0. The van der Waals surface area contributed by atoms with Crippen LogP contribution in [0, 0.1) is 5.92 Å². The highest BCUT2D eigenvalue weighted by Gasteiger charge is 2.26. The molecule has 18 heavy (non-hydrogen) atoms.